The molecular weight excluding hydrogens is 548 g/mol. The molecule has 2 saturated heterocycles. The molecule has 3 fully saturated rings. The third-order valence-electron chi connectivity index (χ3n) is 8.83. The molecule has 4 aliphatic rings. The second kappa shape index (κ2) is 10.4. The van der Waals surface area contributed by atoms with Crippen LogP contribution in [0.1, 0.15) is 54.4 Å². The maximum atomic E-state index is 12.9. The van der Waals surface area contributed by atoms with E-state index in [2.05, 4.69) is 6.58 Å². The van der Waals surface area contributed by atoms with Gasteiger partial charge in [0.25, 0.3) is 0 Å². The highest BCUT2D eigenvalue weighted by atomic mass is 35.5. The topological polar surface area (TPSA) is 158 Å². The van der Waals surface area contributed by atoms with Gasteiger partial charge in [-0.2, -0.15) is 0 Å². The SMILES string of the molecule is C=C1/C=C\[C@H](OC(C)=O)[C@@]2(C)[C@H]3O[C@H]3[C@@H](OC(=O)CCC)[C@@](C)(O)[C@@H]2[C@@H](OC(C)=O)[C@]2(O)[C@@H](C)C(=O)O[C@H]2[C@H]1Cl. The summed E-state index contributed by atoms with van der Waals surface area (Å²) in [4.78, 5) is 50.5. The molecular formula is C28H37ClO11. The fraction of sp³-hybridized carbons (Fsp3) is 0.714. The lowest BCUT2D eigenvalue weighted by Gasteiger charge is -2.57. The minimum Gasteiger partial charge on any atom is -0.459 e. The molecule has 0 aromatic carbocycles. The van der Waals surface area contributed by atoms with Gasteiger partial charge in [-0.1, -0.05) is 26.5 Å². The first-order valence-electron chi connectivity index (χ1n) is 13.4. The number of allylic oxidation sites excluding steroid dienone is 1. The van der Waals surface area contributed by atoms with Gasteiger partial charge in [-0.3, -0.25) is 19.2 Å². The number of rotatable bonds is 5. The van der Waals surface area contributed by atoms with Crippen molar-refractivity contribution < 1.29 is 53.1 Å². The number of halogens is 1. The standard InChI is InChI=1S/C28H37ClO11/c1-8-9-17(32)38-23-19-22(39-19)26(6)16(36-14(4)30)11-10-12(2)18(29)21-28(35,13(3)25(33)40-21)24(37-15(5)31)20(26)27(23,7)34/h10-11,13,16,18-24,34-35H,2,8-9H2,1,3-7H3/b11-10-/t13-,16-,18-,19+,20+,21-,22-,23+,24+,26+,27-,28-/m0/s1. The molecule has 2 aliphatic heterocycles. The number of esters is 4. The summed E-state index contributed by atoms with van der Waals surface area (Å²) >= 11 is 6.70. The Bertz CT molecular complexity index is 1130. The lowest BCUT2D eigenvalue weighted by Crippen LogP contribution is -2.73. The molecule has 12 heteroatoms. The second-order valence-corrected chi connectivity index (χ2v) is 12.1. The second-order valence-electron chi connectivity index (χ2n) is 11.6. The smallest absolute Gasteiger partial charge is 0.312 e. The van der Waals surface area contributed by atoms with Crippen molar-refractivity contribution in [3.05, 3.63) is 24.3 Å². The van der Waals surface area contributed by atoms with E-state index in [0.29, 0.717) is 6.42 Å². The Morgan fingerprint density at radius 2 is 1.70 bits per heavy atom. The Balaban J connectivity index is 2.01. The van der Waals surface area contributed by atoms with Crippen LogP contribution in [-0.4, -0.2) is 87.3 Å². The number of alkyl halides is 1. The van der Waals surface area contributed by atoms with Gasteiger partial charge in [-0.25, -0.2) is 0 Å². The number of aliphatic hydroxyl groups is 2. The summed E-state index contributed by atoms with van der Waals surface area (Å²) in [6.07, 6.45) is -3.44. The van der Waals surface area contributed by atoms with Crippen LogP contribution in [0.25, 0.3) is 0 Å². The van der Waals surface area contributed by atoms with Crippen LogP contribution >= 0.6 is 11.6 Å². The summed E-state index contributed by atoms with van der Waals surface area (Å²) in [5.41, 5.74) is -5.50. The number of hydrogen-bond donors (Lipinski definition) is 2. The molecule has 40 heavy (non-hydrogen) atoms. The van der Waals surface area contributed by atoms with Crippen LogP contribution in [0.4, 0.5) is 0 Å². The van der Waals surface area contributed by atoms with E-state index in [9.17, 15) is 29.4 Å². The zero-order valence-electron chi connectivity index (χ0n) is 23.4. The first-order chi connectivity index (χ1) is 18.5. The number of carbonyl (C=O) groups is 4. The summed E-state index contributed by atoms with van der Waals surface area (Å²) in [6.45, 7) is 12.5. The van der Waals surface area contributed by atoms with Crippen LogP contribution in [0.3, 0.4) is 0 Å². The van der Waals surface area contributed by atoms with E-state index in [0.717, 1.165) is 6.92 Å². The van der Waals surface area contributed by atoms with Crippen molar-refractivity contribution in [2.45, 2.75) is 108 Å². The lowest BCUT2D eigenvalue weighted by atomic mass is 9.52. The predicted molar refractivity (Wildman–Crippen MR) is 139 cm³/mol. The zero-order valence-corrected chi connectivity index (χ0v) is 24.2. The van der Waals surface area contributed by atoms with Gasteiger partial charge in [-0.05, 0) is 31.9 Å². The molecule has 0 spiro atoms. The van der Waals surface area contributed by atoms with E-state index >= 15 is 0 Å². The van der Waals surface area contributed by atoms with Crippen LogP contribution in [0.5, 0.6) is 0 Å². The summed E-state index contributed by atoms with van der Waals surface area (Å²) in [7, 11) is 0. The molecule has 2 heterocycles. The van der Waals surface area contributed by atoms with Crippen LogP contribution in [-0.2, 0) is 42.9 Å². The van der Waals surface area contributed by atoms with Gasteiger partial charge in [0, 0.05) is 31.6 Å². The molecule has 0 bridgehead atoms. The molecule has 0 aromatic rings. The molecule has 11 nitrogen and oxygen atoms in total. The molecule has 0 aromatic heterocycles. The molecule has 0 amide bonds. The minimum atomic E-state index is -2.29. The van der Waals surface area contributed by atoms with Gasteiger partial charge in [0.1, 0.15) is 23.9 Å². The first kappa shape index (κ1) is 30.5. The predicted octanol–water partition coefficient (Wildman–Crippen LogP) is 1.74. The lowest BCUT2D eigenvalue weighted by molar-refractivity contribution is -0.258. The van der Waals surface area contributed by atoms with Gasteiger partial charge in [0.15, 0.2) is 17.8 Å². The zero-order chi connectivity index (χ0) is 29.9. The number of carbonyl (C=O) groups excluding carboxylic acids is 4. The highest BCUT2D eigenvalue weighted by molar-refractivity contribution is 6.23. The Morgan fingerprint density at radius 3 is 2.27 bits per heavy atom. The molecule has 0 unspecified atom stereocenters. The third kappa shape index (κ3) is 4.64. The van der Waals surface area contributed by atoms with E-state index in [4.69, 9.17) is 35.3 Å². The van der Waals surface area contributed by atoms with Crippen molar-refractivity contribution in [3.8, 4) is 0 Å². The van der Waals surface area contributed by atoms with Crippen molar-refractivity contribution in [2.75, 3.05) is 0 Å². The van der Waals surface area contributed by atoms with E-state index < -0.39 is 94.3 Å². The van der Waals surface area contributed by atoms with E-state index in [1.807, 2.05) is 0 Å². The average Bonchev–Trinajstić information content (AvgIpc) is 3.62. The highest BCUT2D eigenvalue weighted by Crippen LogP contribution is 2.63. The van der Waals surface area contributed by atoms with E-state index in [-0.39, 0.29) is 12.0 Å². The maximum absolute atomic E-state index is 12.9. The Hall–Kier alpha value is -2.47. The Kier molecular flexibility index (Phi) is 7.94. The normalized spacial score (nSPS) is 46.6. The van der Waals surface area contributed by atoms with Crippen molar-refractivity contribution in [1.82, 2.24) is 0 Å². The quantitative estimate of drug-likeness (QED) is 0.210. The van der Waals surface area contributed by atoms with E-state index in [1.54, 1.807) is 13.8 Å². The Morgan fingerprint density at radius 1 is 1.07 bits per heavy atom. The molecule has 0 radical (unpaired) electrons. The highest BCUT2D eigenvalue weighted by Gasteiger charge is 2.79. The molecule has 222 valence electrons. The van der Waals surface area contributed by atoms with Crippen LogP contribution < -0.4 is 0 Å². The monoisotopic (exact) mass is 584 g/mol. The molecule has 2 aliphatic carbocycles. The van der Waals surface area contributed by atoms with Gasteiger partial charge >= 0.3 is 23.9 Å². The molecule has 2 N–H and O–H groups in total. The molecule has 12 atom stereocenters. The van der Waals surface area contributed by atoms with E-state index in [1.165, 1.54) is 32.9 Å². The maximum Gasteiger partial charge on any atom is 0.312 e. The fourth-order valence-electron chi connectivity index (χ4n) is 6.85. The largest absolute Gasteiger partial charge is 0.459 e. The summed E-state index contributed by atoms with van der Waals surface area (Å²) in [5, 5.41) is 23.6. The fourth-order valence-corrected chi connectivity index (χ4v) is 7.18. The average molecular weight is 585 g/mol. The van der Waals surface area contributed by atoms with Crippen molar-refractivity contribution in [3.63, 3.8) is 0 Å². The van der Waals surface area contributed by atoms with Crippen molar-refractivity contribution in [2.24, 2.45) is 17.3 Å². The van der Waals surface area contributed by atoms with Crippen LogP contribution in [0.2, 0.25) is 0 Å². The van der Waals surface area contributed by atoms with Crippen LogP contribution in [0.15, 0.2) is 24.3 Å². The number of ether oxygens (including phenoxy) is 5. The van der Waals surface area contributed by atoms with Crippen molar-refractivity contribution >= 4 is 35.5 Å². The molecule has 4 rings (SSSR count). The van der Waals surface area contributed by atoms with Crippen molar-refractivity contribution in [1.29, 1.82) is 0 Å². The summed E-state index contributed by atoms with van der Waals surface area (Å²) in [5.74, 6) is -5.48. The summed E-state index contributed by atoms with van der Waals surface area (Å²) < 4.78 is 28.8. The third-order valence-corrected chi connectivity index (χ3v) is 9.34. The van der Waals surface area contributed by atoms with Crippen LogP contribution in [0, 0.1) is 17.3 Å². The molecule has 1 saturated carbocycles. The number of hydrogen-bond acceptors (Lipinski definition) is 11. The van der Waals surface area contributed by atoms with Gasteiger partial charge in [-0.15, -0.1) is 11.6 Å². The number of fused-ring (bicyclic) bond motifs is 4. The summed E-state index contributed by atoms with van der Waals surface area (Å²) in [6, 6.07) is 0. The van der Waals surface area contributed by atoms with Gasteiger partial charge in [0.2, 0.25) is 0 Å². The van der Waals surface area contributed by atoms with Gasteiger partial charge < -0.3 is 33.9 Å². The van der Waals surface area contributed by atoms with Gasteiger partial charge in [0.05, 0.1) is 17.4 Å². The number of epoxide rings is 1. The first-order valence-corrected chi connectivity index (χ1v) is 13.8. The Labute approximate surface area is 237 Å². The minimum absolute atomic E-state index is 0.0829.